The Labute approximate surface area is 79.0 Å². The van der Waals surface area contributed by atoms with Crippen LogP contribution in [-0.4, -0.2) is 23.9 Å². The minimum atomic E-state index is 0.724. The van der Waals surface area contributed by atoms with Crippen LogP contribution < -0.4 is 4.90 Å². The molecule has 0 aliphatic rings. The summed E-state index contributed by atoms with van der Waals surface area (Å²) in [6.45, 7) is 6.16. The number of nitrogens with zero attached hydrogens (tertiary/aromatic N) is 2. The second kappa shape index (κ2) is 4.12. The van der Waals surface area contributed by atoms with E-state index in [0.717, 1.165) is 30.8 Å². The van der Waals surface area contributed by atoms with Crippen LogP contribution in [0.25, 0.3) is 0 Å². The van der Waals surface area contributed by atoms with Crippen LogP contribution in [0.4, 0.5) is 5.69 Å². The Morgan fingerprint density at radius 1 is 1.46 bits per heavy atom. The van der Waals surface area contributed by atoms with Crippen LogP contribution in [0.1, 0.15) is 24.3 Å². The monoisotopic (exact) mass is 180 g/mol. The zero-order valence-corrected chi connectivity index (χ0v) is 8.45. The lowest BCUT2D eigenvalue weighted by atomic mass is 10.4. The van der Waals surface area contributed by atoms with Crippen LogP contribution in [0.15, 0.2) is 12.3 Å². The molecule has 0 N–H and O–H groups in total. The average molecular weight is 180 g/mol. The number of hydrogen-bond donors (Lipinski definition) is 0. The fraction of sp³-hybridized carbons (Fsp3) is 0.500. The van der Waals surface area contributed by atoms with E-state index in [4.69, 9.17) is 0 Å². The van der Waals surface area contributed by atoms with Gasteiger partial charge in [-0.2, -0.15) is 0 Å². The third-order valence-corrected chi connectivity index (χ3v) is 2.28. The third kappa shape index (κ3) is 1.91. The number of rotatable bonds is 4. The largest absolute Gasteiger partial charge is 0.371 e. The fourth-order valence-electron chi connectivity index (χ4n) is 1.44. The molecule has 3 heteroatoms. The lowest BCUT2D eigenvalue weighted by Gasteiger charge is -2.18. The molecule has 0 amide bonds. The zero-order chi connectivity index (χ0) is 9.84. The van der Waals surface area contributed by atoms with Gasteiger partial charge in [0, 0.05) is 26.3 Å². The van der Waals surface area contributed by atoms with Crippen molar-refractivity contribution in [3.05, 3.63) is 18.0 Å². The van der Waals surface area contributed by atoms with E-state index >= 15 is 0 Å². The Morgan fingerprint density at radius 2 is 2.08 bits per heavy atom. The van der Waals surface area contributed by atoms with Crippen LogP contribution in [-0.2, 0) is 7.05 Å². The van der Waals surface area contributed by atoms with Crippen molar-refractivity contribution >= 4 is 12.0 Å². The maximum Gasteiger partial charge on any atom is 0.166 e. The van der Waals surface area contributed by atoms with E-state index in [1.165, 1.54) is 0 Å². The molecule has 1 heterocycles. The normalized spacial score (nSPS) is 10.1. The SMILES string of the molecule is CCN(CC)c1cc(C=O)n(C)c1. The van der Waals surface area contributed by atoms with Gasteiger partial charge in [0.1, 0.15) is 0 Å². The highest BCUT2D eigenvalue weighted by atomic mass is 16.1. The first-order valence-corrected chi connectivity index (χ1v) is 4.59. The van der Waals surface area contributed by atoms with Crippen molar-refractivity contribution in [2.45, 2.75) is 13.8 Å². The maximum atomic E-state index is 10.6. The Bertz CT molecular complexity index is 287. The highest BCUT2D eigenvalue weighted by molar-refractivity contribution is 5.75. The first-order valence-electron chi connectivity index (χ1n) is 4.59. The fourth-order valence-corrected chi connectivity index (χ4v) is 1.44. The van der Waals surface area contributed by atoms with Crippen molar-refractivity contribution < 1.29 is 4.79 Å². The molecule has 0 aromatic carbocycles. The molecule has 0 saturated heterocycles. The average Bonchev–Trinajstić information content (AvgIpc) is 2.49. The number of anilines is 1. The summed E-state index contributed by atoms with van der Waals surface area (Å²) in [6, 6.07) is 1.92. The molecule has 0 atom stereocenters. The number of aldehydes is 1. The number of carbonyl (C=O) groups excluding carboxylic acids is 1. The first-order chi connectivity index (χ1) is 6.22. The van der Waals surface area contributed by atoms with Crippen molar-refractivity contribution in [1.82, 2.24) is 4.57 Å². The highest BCUT2D eigenvalue weighted by Crippen LogP contribution is 2.16. The zero-order valence-electron chi connectivity index (χ0n) is 8.45. The maximum absolute atomic E-state index is 10.6. The van der Waals surface area contributed by atoms with Crippen molar-refractivity contribution in [3.8, 4) is 0 Å². The molecular weight excluding hydrogens is 164 g/mol. The summed E-state index contributed by atoms with van der Waals surface area (Å²) in [5, 5.41) is 0. The minimum Gasteiger partial charge on any atom is -0.371 e. The standard InChI is InChI=1S/C10H16N2O/c1-4-12(5-2)9-6-10(8-13)11(3)7-9/h6-8H,4-5H2,1-3H3. The van der Waals surface area contributed by atoms with Crippen molar-refractivity contribution in [3.63, 3.8) is 0 Å². The summed E-state index contributed by atoms with van der Waals surface area (Å²) < 4.78 is 1.85. The Balaban J connectivity index is 2.94. The number of aryl methyl sites for hydroxylation is 1. The topological polar surface area (TPSA) is 25.2 Å². The van der Waals surface area contributed by atoms with Crippen molar-refractivity contribution in [2.75, 3.05) is 18.0 Å². The molecule has 0 spiro atoms. The van der Waals surface area contributed by atoms with Crippen molar-refractivity contribution in [1.29, 1.82) is 0 Å². The van der Waals surface area contributed by atoms with E-state index in [1.54, 1.807) is 0 Å². The second-order valence-corrected chi connectivity index (χ2v) is 3.02. The van der Waals surface area contributed by atoms with Gasteiger partial charge in [0.05, 0.1) is 11.4 Å². The lowest BCUT2D eigenvalue weighted by Crippen LogP contribution is -2.21. The molecule has 3 nitrogen and oxygen atoms in total. The number of hydrogen-bond acceptors (Lipinski definition) is 2. The van der Waals surface area contributed by atoms with Gasteiger partial charge in [-0.25, -0.2) is 0 Å². The van der Waals surface area contributed by atoms with Gasteiger partial charge in [0.25, 0.3) is 0 Å². The predicted octanol–water partition coefficient (Wildman–Crippen LogP) is 1.68. The highest BCUT2D eigenvalue weighted by Gasteiger charge is 2.06. The Kier molecular flexibility index (Phi) is 3.12. The second-order valence-electron chi connectivity index (χ2n) is 3.02. The third-order valence-electron chi connectivity index (χ3n) is 2.28. The molecule has 0 bridgehead atoms. The van der Waals surface area contributed by atoms with Gasteiger partial charge >= 0.3 is 0 Å². The van der Waals surface area contributed by atoms with Crippen LogP contribution >= 0.6 is 0 Å². The molecule has 0 aliphatic carbocycles. The van der Waals surface area contributed by atoms with E-state index in [2.05, 4.69) is 18.7 Å². The van der Waals surface area contributed by atoms with Gasteiger partial charge in [-0.1, -0.05) is 0 Å². The van der Waals surface area contributed by atoms with E-state index in [0.29, 0.717) is 0 Å². The summed E-state index contributed by atoms with van der Waals surface area (Å²) >= 11 is 0. The molecule has 13 heavy (non-hydrogen) atoms. The smallest absolute Gasteiger partial charge is 0.166 e. The number of aromatic nitrogens is 1. The molecule has 1 aromatic rings. The molecule has 0 radical (unpaired) electrons. The van der Waals surface area contributed by atoms with E-state index in [1.807, 2.05) is 23.9 Å². The molecule has 72 valence electrons. The predicted molar refractivity (Wildman–Crippen MR) is 54.4 cm³/mol. The Hall–Kier alpha value is -1.25. The Morgan fingerprint density at radius 3 is 2.46 bits per heavy atom. The van der Waals surface area contributed by atoms with Gasteiger partial charge < -0.3 is 9.47 Å². The van der Waals surface area contributed by atoms with E-state index in [-0.39, 0.29) is 0 Å². The van der Waals surface area contributed by atoms with Gasteiger partial charge in [0.15, 0.2) is 6.29 Å². The van der Waals surface area contributed by atoms with Crippen LogP contribution in [0.3, 0.4) is 0 Å². The van der Waals surface area contributed by atoms with Gasteiger partial charge in [-0.05, 0) is 19.9 Å². The van der Waals surface area contributed by atoms with Gasteiger partial charge in [0.2, 0.25) is 0 Å². The molecule has 0 fully saturated rings. The van der Waals surface area contributed by atoms with Crippen LogP contribution in [0, 0.1) is 0 Å². The van der Waals surface area contributed by atoms with Gasteiger partial charge in [-0.3, -0.25) is 4.79 Å². The summed E-state index contributed by atoms with van der Waals surface area (Å²) in [7, 11) is 1.89. The lowest BCUT2D eigenvalue weighted by molar-refractivity contribution is 0.111. The van der Waals surface area contributed by atoms with Crippen LogP contribution in [0.2, 0.25) is 0 Å². The molecule has 0 unspecified atom stereocenters. The quantitative estimate of drug-likeness (QED) is 0.659. The van der Waals surface area contributed by atoms with Gasteiger partial charge in [-0.15, -0.1) is 0 Å². The summed E-state index contributed by atoms with van der Waals surface area (Å²) in [5.74, 6) is 0. The van der Waals surface area contributed by atoms with Crippen LogP contribution in [0.5, 0.6) is 0 Å². The summed E-state index contributed by atoms with van der Waals surface area (Å²) in [5.41, 5.74) is 1.84. The minimum absolute atomic E-state index is 0.724. The molecule has 1 rings (SSSR count). The molecule has 0 saturated carbocycles. The van der Waals surface area contributed by atoms with Crippen molar-refractivity contribution in [2.24, 2.45) is 7.05 Å². The summed E-state index contributed by atoms with van der Waals surface area (Å²) in [4.78, 5) is 12.8. The first kappa shape index (κ1) is 9.84. The summed E-state index contributed by atoms with van der Waals surface area (Å²) in [6.07, 6.45) is 2.86. The molecule has 0 aliphatic heterocycles. The number of carbonyl (C=O) groups is 1. The molecule has 1 aromatic heterocycles. The van der Waals surface area contributed by atoms with E-state index in [9.17, 15) is 4.79 Å². The molecular formula is C10H16N2O. The van der Waals surface area contributed by atoms with E-state index < -0.39 is 0 Å².